The van der Waals surface area contributed by atoms with Crippen LogP contribution in [0.15, 0.2) is 40.9 Å². The number of halogens is 3. The third-order valence-corrected chi connectivity index (χ3v) is 3.26. The van der Waals surface area contributed by atoms with Crippen LogP contribution < -0.4 is 5.32 Å². The van der Waals surface area contributed by atoms with E-state index >= 15 is 0 Å². The molecule has 0 fully saturated rings. The Hall–Kier alpha value is -1.93. The second-order valence-electron chi connectivity index (χ2n) is 3.86. The van der Waals surface area contributed by atoms with Crippen molar-refractivity contribution in [1.29, 1.82) is 5.26 Å². The normalized spacial score (nSPS) is 10.0. The Morgan fingerprint density at radius 2 is 2.00 bits per heavy atom. The van der Waals surface area contributed by atoms with E-state index in [0.717, 1.165) is 18.2 Å². The quantitative estimate of drug-likeness (QED) is 0.918. The van der Waals surface area contributed by atoms with E-state index in [0.29, 0.717) is 15.7 Å². The van der Waals surface area contributed by atoms with Gasteiger partial charge < -0.3 is 5.32 Å². The second kappa shape index (κ2) is 5.81. The van der Waals surface area contributed by atoms with Crippen LogP contribution in [0, 0.1) is 23.0 Å². The van der Waals surface area contributed by atoms with E-state index in [1.807, 2.05) is 6.07 Å². The molecular weight excluding hydrogens is 314 g/mol. The number of hydrogen-bond donors (Lipinski definition) is 1. The average Bonchev–Trinajstić information content (AvgIpc) is 2.40. The van der Waals surface area contributed by atoms with Crippen molar-refractivity contribution in [2.45, 2.75) is 6.54 Å². The monoisotopic (exact) mass is 322 g/mol. The van der Waals surface area contributed by atoms with Gasteiger partial charge in [0.15, 0.2) is 0 Å². The van der Waals surface area contributed by atoms with Gasteiger partial charge in [-0.1, -0.05) is 6.07 Å². The first-order chi connectivity index (χ1) is 9.11. The van der Waals surface area contributed by atoms with E-state index < -0.39 is 11.6 Å². The summed E-state index contributed by atoms with van der Waals surface area (Å²) >= 11 is 3.26. The van der Waals surface area contributed by atoms with Crippen LogP contribution in [0.1, 0.15) is 11.1 Å². The summed E-state index contributed by atoms with van der Waals surface area (Å²) in [4.78, 5) is 0. The molecule has 0 unspecified atom stereocenters. The highest BCUT2D eigenvalue weighted by atomic mass is 79.9. The Labute approximate surface area is 117 Å². The number of hydrogen-bond acceptors (Lipinski definition) is 2. The van der Waals surface area contributed by atoms with Crippen molar-refractivity contribution >= 4 is 21.6 Å². The van der Waals surface area contributed by atoms with Crippen LogP contribution in [-0.4, -0.2) is 0 Å². The van der Waals surface area contributed by atoms with Crippen molar-refractivity contribution in [2.75, 3.05) is 5.32 Å². The molecule has 0 saturated carbocycles. The number of nitriles is 1. The molecule has 96 valence electrons. The lowest BCUT2D eigenvalue weighted by Crippen LogP contribution is -2.04. The zero-order valence-corrected chi connectivity index (χ0v) is 11.3. The molecule has 1 N–H and O–H groups in total. The zero-order chi connectivity index (χ0) is 13.8. The SMILES string of the molecule is N#Cc1c(Br)cccc1NCc1cc(F)ccc1F. The predicted molar refractivity (Wildman–Crippen MR) is 72.5 cm³/mol. The third-order valence-electron chi connectivity index (χ3n) is 2.60. The lowest BCUT2D eigenvalue weighted by atomic mass is 10.1. The molecule has 0 aliphatic carbocycles. The van der Waals surface area contributed by atoms with Gasteiger partial charge in [0.1, 0.15) is 17.7 Å². The number of rotatable bonds is 3. The summed E-state index contributed by atoms with van der Waals surface area (Å²) in [6.07, 6.45) is 0. The molecule has 2 nitrogen and oxygen atoms in total. The van der Waals surface area contributed by atoms with Crippen LogP contribution >= 0.6 is 15.9 Å². The lowest BCUT2D eigenvalue weighted by Gasteiger charge is -2.10. The predicted octanol–water partition coefficient (Wildman–Crippen LogP) is 4.21. The van der Waals surface area contributed by atoms with Crippen molar-refractivity contribution < 1.29 is 8.78 Å². The van der Waals surface area contributed by atoms with Crippen molar-refractivity contribution in [3.05, 3.63) is 63.6 Å². The first-order valence-corrected chi connectivity index (χ1v) is 6.27. The third kappa shape index (κ3) is 3.09. The summed E-state index contributed by atoms with van der Waals surface area (Å²) in [6, 6.07) is 10.5. The van der Waals surface area contributed by atoms with E-state index in [1.54, 1.807) is 18.2 Å². The van der Waals surface area contributed by atoms with Gasteiger partial charge in [0.25, 0.3) is 0 Å². The standard InChI is InChI=1S/C14H9BrF2N2/c15-12-2-1-3-14(11(12)7-18)19-8-9-6-10(16)4-5-13(9)17/h1-6,19H,8H2. The Morgan fingerprint density at radius 3 is 2.74 bits per heavy atom. The molecule has 0 spiro atoms. The minimum atomic E-state index is -0.493. The van der Waals surface area contributed by atoms with E-state index in [9.17, 15) is 8.78 Å². The summed E-state index contributed by atoms with van der Waals surface area (Å²) in [6.45, 7) is 0.106. The van der Waals surface area contributed by atoms with Crippen LogP contribution in [-0.2, 0) is 6.54 Å². The molecule has 2 aromatic carbocycles. The highest BCUT2D eigenvalue weighted by Gasteiger charge is 2.08. The molecule has 0 atom stereocenters. The van der Waals surface area contributed by atoms with Crippen molar-refractivity contribution in [3.63, 3.8) is 0 Å². The molecule has 0 bridgehead atoms. The highest BCUT2D eigenvalue weighted by Crippen LogP contribution is 2.24. The maximum absolute atomic E-state index is 13.5. The molecule has 0 aliphatic rings. The number of anilines is 1. The molecule has 0 aliphatic heterocycles. The van der Waals surface area contributed by atoms with Gasteiger partial charge in [0.05, 0.1) is 11.3 Å². The van der Waals surface area contributed by atoms with Crippen molar-refractivity contribution in [2.24, 2.45) is 0 Å². The molecule has 0 heterocycles. The Morgan fingerprint density at radius 1 is 1.21 bits per heavy atom. The topological polar surface area (TPSA) is 35.8 Å². The van der Waals surface area contributed by atoms with Gasteiger partial charge in [-0.2, -0.15) is 5.26 Å². The van der Waals surface area contributed by atoms with Crippen molar-refractivity contribution in [3.8, 4) is 6.07 Å². The maximum atomic E-state index is 13.5. The Kier molecular flexibility index (Phi) is 4.13. The minimum absolute atomic E-state index is 0.106. The van der Waals surface area contributed by atoms with Gasteiger partial charge in [0, 0.05) is 16.6 Å². The van der Waals surface area contributed by atoms with E-state index in [2.05, 4.69) is 21.2 Å². The van der Waals surface area contributed by atoms with Crippen LogP contribution in [0.2, 0.25) is 0 Å². The van der Waals surface area contributed by atoms with Crippen LogP contribution in [0.5, 0.6) is 0 Å². The van der Waals surface area contributed by atoms with Gasteiger partial charge in [-0.25, -0.2) is 8.78 Å². The molecule has 19 heavy (non-hydrogen) atoms. The summed E-state index contributed by atoms with van der Waals surface area (Å²) in [5.41, 5.74) is 1.21. The molecule has 0 radical (unpaired) electrons. The summed E-state index contributed by atoms with van der Waals surface area (Å²) in [5.74, 6) is -0.977. The molecule has 0 amide bonds. The molecule has 2 aromatic rings. The number of nitrogens with zero attached hydrogens (tertiary/aromatic N) is 1. The second-order valence-corrected chi connectivity index (χ2v) is 4.72. The fourth-order valence-corrected chi connectivity index (χ4v) is 2.11. The first-order valence-electron chi connectivity index (χ1n) is 5.48. The lowest BCUT2D eigenvalue weighted by molar-refractivity contribution is 0.587. The van der Waals surface area contributed by atoms with Gasteiger partial charge in [0.2, 0.25) is 0 Å². The molecule has 0 saturated heterocycles. The van der Waals surface area contributed by atoms with Gasteiger partial charge in [-0.05, 0) is 46.3 Å². The fourth-order valence-electron chi connectivity index (χ4n) is 1.65. The van der Waals surface area contributed by atoms with E-state index in [1.165, 1.54) is 0 Å². The first kappa shape index (κ1) is 13.5. The highest BCUT2D eigenvalue weighted by molar-refractivity contribution is 9.10. The largest absolute Gasteiger partial charge is 0.380 e. The van der Waals surface area contributed by atoms with Gasteiger partial charge >= 0.3 is 0 Å². The Balaban J connectivity index is 2.22. The van der Waals surface area contributed by atoms with Crippen molar-refractivity contribution in [1.82, 2.24) is 0 Å². The summed E-state index contributed by atoms with van der Waals surface area (Å²) in [5, 5.41) is 12.0. The van der Waals surface area contributed by atoms with E-state index in [4.69, 9.17) is 5.26 Å². The fraction of sp³-hybridized carbons (Fsp3) is 0.0714. The average molecular weight is 323 g/mol. The van der Waals surface area contributed by atoms with E-state index in [-0.39, 0.29) is 12.1 Å². The number of nitrogens with one attached hydrogen (secondary N) is 1. The van der Waals surface area contributed by atoms with Gasteiger partial charge in [-0.15, -0.1) is 0 Å². The van der Waals surface area contributed by atoms with Crippen LogP contribution in [0.3, 0.4) is 0 Å². The zero-order valence-electron chi connectivity index (χ0n) is 9.75. The molecule has 0 aromatic heterocycles. The Bertz CT molecular complexity index is 650. The molecule has 2 rings (SSSR count). The molecular formula is C14H9BrF2N2. The van der Waals surface area contributed by atoms with Crippen LogP contribution in [0.25, 0.3) is 0 Å². The van der Waals surface area contributed by atoms with Crippen LogP contribution in [0.4, 0.5) is 14.5 Å². The number of benzene rings is 2. The molecule has 5 heteroatoms. The summed E-state index contributed by atoms with van der Waals surface area (Å²) < 4.78 is 27.1. The summed E-state index contributed by atoms with van der Waals surface area (Å²) in [7, 11) is 0. The smallest absolute Gasteiger partial charge is 0.128 e. The maximum Gasteiger partial charge on any atom is 0.128 e. The minimum Gasteiger partial charge on any atom is -0.380 e. The van der Waals surface area contributed by atoms with Gasteiger partial charge in [-0.3, -0.25) is 0 Å².